The highest BCUT2D eigenvalue weighted by atomic mass is 16.1. The van der Waals surface area contributed by atoms with Gasteiger partial charge in [-0.2, -0.15) is 0 Å². The maximum absolute atomic E-state index is 12.5. The van der Waals surface area contributed by atoms with Crippen LogP contribution in [-0.2, 0) is 4.79 Å². The summed E-state index contributed by atoms with van der Waals surface area (Å²) in [6.45, 7) is 4.12. The second-order valence-corrected chi connectivity index (χ2v) is 7.61. The topological polar surface area (TPSA) is 88.0 Å². The fraction of sp³-hybridized carbons (Fsp3) is 0.333. The number of nitrogens with two attached hydrogens (primary N) is 1. The number of rotatable bonds is 9. The zero-order valence-corrected chi connectivity index (χ0v) is 17.2. The third-order valence-electron chi connectivity index (χ3n) is 5.42. The maximum Gasteiger partial charge on any atom is 0.224 e. The first-order valence-corrected chi connectivity index (χ1v) is 10.2. The van der Waals surface area contributed by atoms with Crippen LogP contribution in [0.2, 0.25) is 0 Å². The fourth-order valence-electron chi connectivity index (χ4n) is 3.53. The quantitative estimate of drug-likeness (QED) is 0.255. The first kappa shape index (κ1) is 20.6. The molecule has 4 N–H and O–H groups in total. The summed E-state index contributed by atoms with van der Waals surface area (Å²) in [4.78, 5) is 27.8. The van der Waals surface area contributed by atoms with Gasteiger partial charge in [0.05, 0.1) is 11.4 Å². The molecule has 0 fully saturated rings. The van der Waals surface area contributed by atoms with Gasteiger partial charge in [-0.15, -0.1) is 0 Å². The molecule has 5 heteroatoms. The third kappa shape index (κ3) is 5.25. The molecule has 3 aromatic rings. The predicted molar refractivity (Wildman–Crippen MR) is 119 cm³/mol. The van der Waals surface area contributed by atoms with Gasteiger partial charge in [0.25, 0.3) is 0 Å². The number of nitrogens with one attached hydrogen (secondary N) is 2. The maximum atomic E-state index is 12.5. The lowest BCUT2D eigenvalue weighted by Crippen LogP contribution is -2.12. The monoisotopic (exact) mass is 391 g/mol. The Hall–Kier alpha value is -3.08. The van der Waals surface area contributed by atoms with Crippen LogP contribution >= 0.6 is 0 Å². The van der Waals surface area contributed by atoms with Gasteiger partial charge in [0, 0.05) is 35.0 Å². The summed E-state index contributed by atoms with van der Waals surface area (Å²) in [6.07, 6.45) is 4.53. The van der Waals surface area contributed by atoms with Crippen LogP contribution in [0.4, 0.5) is 11.4 Å². The highest BCUT2D eigenvalue weighted by molar-refractivity contribution is 6.00. The van der Waals surface area contributed by atoms with Crippen LogP contribution in [0.1, 0.15) is 60.1 Å². The summed E-state index contributed by atoms with van der Waals surface area (Å²) in [7, 11) is 0. The van der Waals surface area contributed by atoms with Crippen molar-refractivity contribution in [3.63, 3.8) is 0 Å². The lowest BCUT2D eigenvalue weighted by Gasteiger charge is -2.07. The van der Waals surface area contributed by atoms with E-state index in [2.05, 4.69) is 17.2 Å². The lowest BCUT2D eigenvalue weighted by molar-refractivity contribution is -0.116. The van der Waals surface area contributed by atoms with Crippen LogP contribution in [-0.4, -0.2) is 16.7 Å². The fourth-order valence-corrected chi connectivity index (χ4v) is 3.53. The second kappa shape index (κ2) is 9.41. The minimum atomic E-state index is -0.0237. The number of carbonyl (C=O) groups excluding carboxylic acids is 2. The summed E-state index contributed by atoms with van der Waals surface area (Å²) in [5, 5.41) is 3.96. The molecule has 3 rings (SSSR count). The van der Waals surface area contributed by atoms with E-state index < -0.39 is 0 Å². The van der Waals surface area contributed by atoms with E-state index in [4.69, 9.17) is 5.73 Å². The van der Waals surface area contributed by atoms with Gasteiger partial charge in [0.1, 0.15) is 0 Å². The molecule has 0 radical (unpaired) electrons. The molecule has 1 heterocycles. The number of hydrogen-bond acceptors (Lipinski definition) is 3. The number of ketones is 1. The smallest absolute Gasteiger partial charge is 0.224 e. The number of Topliss-reactive ketones (excluding diaryl/α,β-unsaturated/α-hetero) is 1. The van der Waals surface area contributed by atoms with Crippen molar-refractivity contribution in [1.82, 2.24) is 4.98 Å². The first-order chi connectivity index (χ1) is 14.0. The number of hydrogen-bond donors (Lipinski definition) is 3. The molecule has 0 unspecified atom stereocenters. The molecule has 0 aliphatic carbocycles. The molecule has 29 heavy (non-hydrogen) atoms. The molecule has 0 aliphatic rings. The highest BCUT2D eigenvalue weighted by Gasteiger charge is 2.10. The molecular formula is C24H29N3O2. The minimum Gasteiger partial charge on any atom is -0.397 e. The zero-order valence-electron chi connectivity index (χ0n) is 17.2. The number of carbonyl (C=O) groups is 2. The van der Waals surface area contributed by atoms with Crippen LogP contribution in [0.3, 0.4) is 0 Å². The number of aryl methyl sites for hydroxylation is 2. The molecule has 1 amide bonds. The van der Waals surface area contributed by atoms with E-state index in [1.54, 1.807) is 12.1 Å². The Balaban J connectivity index is 1.37. The summed E-state index contributed by atoms with van der Waals surface area (Å²) < 4.78 is 0. The average Bonchev–Trinajstić information content (AvgIpc) is 2.99. The van der Waals surface area contributed by atoms with Crippen LogP contribution in [0.15, 0.2) is 42.5 Å². The predicted octanol–water partition coefficient (Wildman–Crippen LogP) is 5.53. The minimum absolute atomic E-state index is 0.0237. The molecule has 0 atom stereocenters. The number of H-pyrrole nitrogens is 1. The van der Waals surface area contributed by atoms with Crippen molar-refractivity contribution in [3.05, 3.63) is 59.3 Å². The Labute approximate surface area is 171 Å². The van der Waals surface area contributed by atoms with Crippen molar-refractivity contribution in [2.75, 3.05) is 11.1 Å². The molecule has 0 saturated carbocycles. The zero-order chi connectivity index (χ0) is 20.8. The normalized spacial score (nSPS) is 11.0. The number of benzene rings is 2. The largest absolute Gasteiger partial charge is 0.397 e. The van der Waals surface area contributed by atoms with E-state index in [0.717, 1.165) is 47.8 Å². The number of anilines is 2. The van der Waals surface area contributed by atoms with Crippen LogP contribution in [0.5, 0.6) is 0 Å². The number of para-hydroxylation sites is 2. The van der Waals surface area contributed by atoms with Crippen molar-refractivity contribution < 1.29 is 9.59 Å². The van der Waals surface area contributed by atoms with Crippen molar-refractivity contribution in [2.45, 2.75) is 52.4 Å². The van der Waals surface area contributed by atoms with Gasteiger partial charge in [-0.05, 0) is 62.6 Å². The Morgan fingerprint density at radius 1 is 0.966 bits per heavy atom. The summed E-state index contributed by atoms with van der Waals surface area (Å²) in [5.41, 5.74) is 11.3. The molecule has 0 bridgehead atoms. The molecular weight excluding hydrogens is 362 g/mol. The van der Waals surface area contributed by atoms with Crippen molar-refractivity contribution in [1.29, 1.82) is 0 Å². The average molecular weight is 392 g/mol. The molecule has 0 aliphatic heterocycles. The number of nitrogen functional groups attached to an aromatic ring is 1. The third-order valence-corrected chi connectivity index (χ3v) is 5.42. The van der Waals surface area contributed by atoms with Gasteiger partial charge in [0.15, 0.2) is 5.78 Å². The van der Waals surface area contributed by atoms with E-state index in [9.17, 15) is 9.59 Å². The Kier molecular flexibility index (Phi) is 6.70. The van der Waals surface area contributed by atoms with E-state index in [0.29, 0.717) is 24.2 Å². The van der Waals surface area contributed by atoms with Gasteiger partial charge in [0.2, 0.25) is 5.91 Å². The molecule has 152 valence electrons. The molecule has 1 aromatic heterocycles. The van der Waals surface area contributed by atoms with Gasteiger partial charge in [-0.1, -0.05) is 25.0 Å². The number of unbranched alkanes of at least 4 members (excludes halogenated alkanes) is 3. The van der Waals surface area contributed by atoms with E-state index >= 15 is 0 Å². The molecule has 5 nitrogen and oxygen atoms in total. The summed E-state index contributed by atoms with van der Waals surface area (Å²) >= 11 is 0. The summed E-state index contributed by atoms with van der Waals surface area (Å²) in [6, 6.07) is 13.1. The number of amides is 1. The van der Waals surface area contributed by atoms with Crippen molar-refractivity contribution >= 4 is 34.0 Å². The van der Waals surface area contributed by atoms with Gasteiger partial charge >= 0.3 is 0 Å². The standard InChI is InChI=1S/C24H29N3O2/c1-16-17(2)26-21-14-13-18(15-19(16)21)23(28)11-5-3-4-6-12-24(29)27-22-10-8-7-9-20(22)25/h7-10,13-15,26H,3-6,11-12,25H2,1-2H3,(H,27,29). The Bertz CT molecular complexity index is 1020. The van der Waals surface area contributed by atoms with Gasteiger partial charge in [-0.25, -0.2) is 0 Å². The van der Waals surface area contributed by atoms with Crippen molar-refractivity contribution in [2.24, 2.45) is 0 Å². The van der Waals surface area contributed by atoms with Crippen LogP contribution in [0, 0.1) is 13.8 Å². The molecule has 2 aromatic carbocycles. The SMILES string of the molecule is Cc1[nH]c2ccc(C(=O)CCCCCCC(=O)Nc3ccccc3N)cc2c1C. The van der Waals surface area contributed by atoms with Gasteiger partial charge in [-0.3, -0.25) is 9.59 Å². The van der Waals surface area contributed by atoms with E-state index in [1.165, 1.54) is 5.56 Å². The number of aromatic nitrogens is 1. The van der Waals surface area contributed by atoms with E-state index in [1.807, 2.05) is 37.3 Å². The van der Waals surface area contributed by atoms with Crippen LogP contribution < -0.4 is 11.1 Å². The Morgan fingerprint density at radius 2 is 1.69 bits per heavy atom. The van der Waals surface area contributed by atoms with Crippen molar-refractivity contribution in [3.8, 4) is 0 Å². The number of aromatic amines is 1. The first-order valence-electron chi connectivity index (χ1n) is 10.2. The van der Waals surface area contributed by atoms with E-state index in [-0.39, 0.29) is 11.7 Å². The lowest BCUT2D eigenvalue weighted by atomic mass is 10.0. The van der Waals surface area contributed by atoms with Gasteiger partial charge < -0.3 is 16.0 Å². The Morgan fingerprint density at radius 3 is 2.45 bits per heavy atom. The summed E-state index contributed by atoms with van der Waals surface area (Å²) in [5.74, 6) is 0.159. The molecule has 0 saturated heterocycles. The molecule has 0 spiro atoms. The highest BCUT2D eigenvalue weighted by Crippen LogP contribution is 2.23. The van der Waals surface area contributed by atoms with Crippen LogP contribution in [0.25, 0.3) is 10.9 Å². The number of fused-ring (bicyclic) bond motifs is 1. The second-order valence-electron chi connectivity index (χ2n) is 7.61.